The second kappa shape index (κ2) is 8.61. The third-order valence-electron chi connectivity index (χ3n) is 6.22. The molecule has 1 aromatic rings. The van der Waals surface area contributed by atoms with E-state index in [2.05, 4.69) is 21.2 Å². The largest absolute Gasteiger partial charge is 0.330 e. The van der Waals surface area contributed by atoms with Crippen molar-refractivity contribution in [1.29, 1.82) is 0 Å². The Morgan fingerprint density at radius 3 is 2.55 bits per heavy atom. The van der Waals surface area contributed by atoms with Crippen molar-refractivity contribution in [3.63, 3.8) is 0 Å². The third kappa shape index (κ3) is 4.19. The molecule has 2 saturated heterocycles. The van der Waals surface area contributed by atoms with Gasteiger partial charge in [0.05, 0.1) is 0 Å². The summed E-state index contributed by atoms with van der Waals surface area (Å²) in [6.07, 6.45) is 1.70. The van der Waals surface area contributed by atoms with Crippen molar-refractivity contribution in [1.82, 2.24) is 20.0 Å². The molecule has 0 aromatic heterocycles. The van der Waals surface area contributed by atoms with E-state index in [0.717, 1.165) is 63.4 Å². The Bertz CT molecular complexity index is 804. The standard InChI is InChI=1S/C21H29N5O3/c22-7-2-8-24-9-11-25(12-10-24)13-15-3-1-4-16-17(15)14-26(21(16)29)18-5-6-19(27)23-20(18)28/h1,3-4,18H,2,5-14,22H2,(H,23,27,28). The molecule has 0 saturated carbocycles. The van der Waals surface area contributed by atoms with E-state index in [4.69, 9.17) is 5.73 Å². The first-order chi connectivity index (χ1) is 14.1. The number of fused-ring (bicyclic) bond motifs is 1. The van der Waals surface area contributed by atoms with Gasteiger partial charge in [0, 0.05) is 51.3 Å². The molecule has 2 fully saturated rings. The summed E-state index contributed by atoms with van der Waals surface area (Å²) in [5.74, 6) is -0.734. The summed E-state index contributed by atoms with van der Waals surface area (Å²) in [6, 6.07) is 5.29. The van der Waals surface area contributed by atoms with E-state index in [0.29, 0.717) is 18.5 Å². The molecule has 8 heteroatoms. The number of carbonyl (C=O) groups is 3. The highest BCUT2D eigenvalue weighted by atomic mass is 16.2. The Kier molecular flexibility index (Phi) is 5.94. The number of nitrogens with zero attached hydrogens (tertiary/aromatic N) is 3. The molecule has 3 heterocycles. The van der Waals surface area contributed by atoms with Crippen molar-refractivity contribution in [3.8, 4) is 0 Å². The zero-order chi connectivity index (χ0) is 20.4. The molecule has 156 valence electrons. The first-order valence-corrected chi connectivity index (χ1v) is 10.5. The van der Waals surface area contributed by atoms with Gasteiger partial charge >= 0.3 is 0 Å². The third-order valence-corrected chi connectivity index (χ3v) is 6.22. The number of hydrogen-bond acceptors (Lipinski definition) is 6. The lowest BCUT2D eigenvalue weighted by molar-refractivity contribution is -0.136. The van der Waals surface area contributed by atoms with Gasteiger partial charge in [-0.25, -0.2) is 0 Å². The van der Waals surface area contributed by atoms with Gasteiger partial charge in [-0.3, -0.25) is 24.6 Å². The van der Waals surface area contributed by atoms with Crippen molar-refractivity contribution >= 4 is 17.7 Å². The molecule has 0 radical (unpaired) electrons. The zero-order valence-electron chi connectivity index (χ0n) is 16.7. The molecule has 3 N–H and O–H groups in total. The van der Waals surface area contributed by atoms with Gasteiger partial charge in [-0.05, 0) is 43.1 Å². The smallest absolute Gasteiger partial charge is 0.255 e. The summed E-state index contributed by atoms with van der Waals surface area (Å²) < 4.78 is 0. The molecule has 0 spiro atoms. The van der Waals surface area contributed by atoms with E-state index in [9.17, 15) is 14.4 Å². The van der Waals surface area contributed by atoms with Crippen LogP contribution in [-0.4, -0.2) is 77.7 Å². The number of benzene rings is 1. The molecule has 3 aliphatic rings. The average molecular weight is 399 g/mol. The summed E-state index contributed by atoms with van der Waals surface area (Å²) >= 11 is 0. The van der Waals surface area contributed by atoms with E-state index < -0.39 is 6.04 Å². The lowest BCUT2D eigenvalue weighted by Gasteiger charge is -2.35. The molecule has 3 amide bonds. The summed E-state index contributed by atoms with van der Waals surface area (Å²) in [6.45, 7) is 7.11. The molecule has 8 nitrogen and oxygen atoms in total. The maximum absolute atomic E-state index is 12.9. The fourth-order valence-corrected chi connectivity index (χ4v) is 4.52. The van der Waals surface area contributed by atoms with Gasteiger partial charge in [0.15, 0.2) is 0 Å². The van der Waals surface area contributed by atoms with Crippen molar-refractivity contribution < 1.29 is 14.4 Å². The van der Waals surface area contributed by atoms with Gasteiger partial charge in [0.1, 0.15) is 6.04 Å². The molecule has 1 aromatic carbocycles. The fourth-order valence-electron chi connectivity index (χ4n) is 4.52. The van der Waals surface area contributed by atoms with Gasteiger partial charge in [0.25, 0.3) is 5.91 Å². The molecule has 0 aliphatic carbocycles. The normalized spacial score (nSPS) is 23.4. The monoisotopic (exact) mass is 399 g/mol. The number of rotatable bonds is 6. The van der Waals surface area contributed by atoms with E-state index >= 15 is 0 Å². The topological polar surface area (TPSA) is 99.0 Å². The quantitative estimate of drug-likeness (QED) is 0.649. The number of nitrogens with two attached hydrogens (primary N) is 1. The van der Waals surface area contributed by atoms with Crippen LogP contribution in [0.4, 0.5) is 0 Å². The Balaban J connectivity index is 1.42. The maximum atomic E-state index is 12.9. The van der Waals surface area contributed by atoms with Gasteiger partial charge < -0.3 is 15.5 Å². The SMILES string of the molecule is NCCCN1CCN(Cc2cccc3c2CN(C2CCC(=O)NC2=O)C3=O)CC1. The van der Waals surface area contributed by atoms with Crippen LogP contribution in [0.3, 0.4) is 0 Å². The number of piperazine rings is 1. The zero-order valence-corrected chi connectivity index (χ0v) is 16.7. The van der Waals surface area contributed by atoms with Crippen LogP contribution in [0.2, 0.25) is 0 Å². The summed E-state index contributed by atoms with van der Waals surface area (Å²) in [4.78, 5) is 43.1. The average Bonchev–Trinajstić information content (AvgIpc) is 3.05. The number of imide groups is 1. The Hall–Kier alpha value is -2.29. The lowest BCUT2D eigenvalue weighted by Crippen LogP contribution is -2.52. The minimum atomic E-state index is -0.563. The molecular weight excluding hydrogens is 370 g/mol. The van der Waals surface area contributed by atoms with Crippen LogP contribution in [0.5, 0.6) is 0 Å². The first-order valence-electron chi connectivity index (χ1n) is 10.5. The molecule has 1 unspecified atom stereocenters. The fraction of sp³-hybridized carbons (Fsp3) is 0.571. The van der Waals surface area contributed by atoms with Crippen molar-refractivity contribution in [3.05, 3.63) is 34.9 Å². The Morgan fingerprint density at radius 2 is 1.83 bits per heavy atom. The van der Waals surface area contributed by atoms with Crippen LogP contribution in [-0.2, 0) is 22.7 Å². The van der Waals surface area contributed by atoms with Crippen LogP contribution in [0, 0.1) is 0 Å². The molecule has 1 atom stereocenters. The van der Waals surface area contributed by atoms with Crippen LogP contribution in [0.25, 0.3) is 0 Å². The number of nitrogens with one attached hydrogen (secondary N) is 1. The van der Waals surface area contributed by atoms with Crippen LogP contribution in [0.1, 0.15) is 40.7 Å². The minimum Gasteiger partial charge on any atom is -0.330 e. The van der Waals surface area contributed by atoms with Gasteiger partial charge in [-0.1, -0.05) is 12.1 Å². The highest BCUT2D eigenvalue weighted by Gasteiger charge is 2.39. The number of piperidine rings is 1. The van der Waals surface area contributed by atoms with Gasteiger partial charge in [-0.2, -0.15) is 0 Å². The van der Waals surface area contributed by atoms with Crippen molar-refractivity contribution in [2.75, 3.05) is 39.3 Å². The minimum absolute atomic E-state index is 0.108. The molecule has 3 aliphatic heterocycles. The Morgan fingerprint density at radius 1 is 1.07 bits per heavy atom. The molecule has 4 rings (SSSR count). The first kappa shape index (κ1) is 20.0. The molecule has 0 bridgehead atoms. The van der Waals surface area contributed by atoms with Crippen LogP contribution < -0.4 is 11.1 Å². The number of hydrogen-bond donors (Lipinski definition) is 2. The highest BCUT2D eigenvalue weighted by molar-refractivity contribution is 6.05. The summed E-state index contributed by atoms with van der Waals surface area (Å²) in [7, 11) is 0. The maximum Gasteiger partial charge on any atom is 0.255 e. The predicted octanol–water partition coefficient (Wildman–Crippen LogP) is -0.0860. The van der Waals surface area contributed by atoms with E-state index in [1.165, 1.54) is 0 Å². The molecular formula is C21H29N5O3. The van der Waals surface area contributed by atoms with Crippen LogP contribution >= 0.6 is 0 Å². The van der Waals surface area contributed by atoms with E-state index in [1.807, 2.05) is 12.1 Å². The van der Waals surface area contributed by atoms with E-state index in [-0.39, 0.29) is 24.1 Å². The van der Waals surface area contributed by atoms with Crippen molar-refractivity contribution in [2.45, 2.75) is 38.4 Å². The second-order valence-electron chi connectivity index (χ2n) is 8.10. The van der Waals surface area contributed by atoms with E-state index in [1.54, 1.807) is 4.90 Å². The Labute approximate surface area is 171 Å². The lowest BCUT2D eigenvalue weighted by atomic mass is 10.0. The second-order valence-corrected chi connectivity index (χ2v) is 8.10. The predicted molar refractivity (Wildman–Crippen MR) is 108 cm³/mol. The number of carbonyl (C=O) groups excluding carboxylic acids is 3. The summed E-state index contributed by atoms with van der Waals surface area (Å²) in [5.41, 5.74) is 8.47. The summed E-state index contributed by atoms with van der Waals surface area (Å²) in [5, 5.41) is 2.36. The number of amides is 3. The van der Waals surface area contributed by atoms with Crippen molar-refractivity contribution in [2.24, 2.45) is 5.73 Å². The molecule has 29 heavy (non-hydrogen) atoms. The van der Waals surface area contributed by atoms with Crippen LogP contribution in [0.15, 0.2) is 18.2 Å². The van der Waals surface area contributed by atoms with Gasteiger partial charge in [-0.15, -0.1) is 0 Å². The van der Waals surface area contributed by atoms with Gasteiger partial charge in [0.2, 0.25) is 11.8 Å². The highest BCUT2D eigenvalue weighted by Crippen LogP contribution is 2.30.